The molecule has 0 unspecified atom stereocenters. The molecule has 0 atom stereocenters. The fourth-order valence-corrected chi connectivity index (χ4v) is 1.49. The van der Waals surface area contributed by atoms with E-state index in [1.54, 1.807) is 7.11 Å². The smallest absolute Gasteiger partial charge is 0.252 e. The molecular formula is C13H16N2O3. The highest BCUT2D eigenvalue weighted by Crippen LogP contribution is 2.27. The number of aromatic nitrogens is 2. The van der Waals surface area contributed by atoms with Crippen LogP contribution < -0.4 is 4.74 Å². The summed E-state index contributed by atoms with van der Waals surface area (Å²) < 4.78 is 15.8. The first-order valence-corrected chi connectivity index (χ1v) is 5.78. The molecule has 0 saturated carbocycles. The highest BCUT2D eigenvalue weighted by molar-refractivity contribution is 5.63. The third kappa shape index (κ3) is 2.87. The van der Waals surface area contributed by atoms with E-state index in [4.69, 9.17) is 14.0 Å². The molecule has 18 heavy (non-hydrogen) atoms. The number of hydrogen-bond donors (Lipinski definition) is 0. The Hall–Kier alpha value is -1.88. The van der Waals surface area contributed by atoms with Gasteiger partial charge in [0, 0.05) is 0 Å². The fraction of sp³-hybridized carbons (Fsp3) is 0.385. The van der Waals surface area contributed by atoms with E-state index >= 15 is 0 Å². The summed E-state index contributed by atoms with van der Waals surface area (Å²) in [6.07, 6.45) is 0.131. The van der Waals surface area contributed by atoms with Gasteiger partial charge in [0.05, 0.1) is 18.8 Å². The maximum atomic E-state index is 5.41. The molecule has 0 aliphatic heterocycles. The first kappa shape index (κ1) is 12.6. The van der Waals surface area contributed by atoms with Crippen molar-refractivity contribution in [1.29, 1.82) is 0 Å². The average molecular weight is 248 g/mol. The molecule has 5 heteroatoms. The van der Waals surface area contributed by atoms with Crippen LogP contribution in [0.1, 0.15) is 19.7 Å². The minimum absolute atomic E-state index is 0.131. The molecular weight excluding hydrogens is 232 g/mol. The van der Waals surface area contributed by atoms with Gasteiger partial charge >= 0.3 is 0 Å². The minimum Gasteiger partial charge on any atom is -0.496 e. The lowest BCUT2D eigenvalue weighted by Crippen LogP contribution is -2.02. The second-order valence-corrected chi connectivity index (χ2v) is 4.07. The molecule has 1 aromatic carbocycles. The van der Waals surface area contributed by atoms with Gasteiger partial charge in [-0.25, -0.2) is 0 Å². The lowest BCUT2D eigenvalue weighted by molar-refractivity contribution is 0.0485. The molecule has 0 radical (unpaired) electrons. The number of hydrogen-bond acceptors (Lipinski definition) is 5. The van der Waals surface area contributed by atoms with Crippen molar-refractivity contribution in [3.05, 3.63) is 30.2 Å². The highest BCUT2D eigenvalue weighted by Gasteiger charge is 2.12. The third-order valence-electron chi connectivity index (χ3n) is 2.36. The van der Waals surface area contributed by atoms with Crippen molar-refractivity contribution in [3.8, 4) is 17.1 Å². The molecule has 5 nitrogen and oxygen atoms in total. The zero-order valence-electron chi connectivity index (χ0n) is 10.7. The minimum atomic E-state index is 0.131. The van der Waals surface area contributed by atoms with E-state index < -0.39 is 0 Å². The predicted octanol–water partition coefficient (Wildman–Crippen LogP) is 2.67. The van der Waals surface area contributed by atoms with Gasteiger partial charge in [0.25, 0.3) is 5.89 Å². The highest BCUT2D eigenvalue weighted by atomic mass is 16.5. The van der Waals surface area contributed by atoms with Gasteiger partial charge in [0.2, 0.25) is 5.82 Å². The summed E-state index contributed by atoms with van der Waals surface area (Å²) in [5.41, 5.74) is 0.805. The van der Waals surface area contributed by atoms with Crippen molar-refractivity contribution in [3.63, 3.8) is 0 Å². The Morgan fingerprint density at radius 2 is 2.06 bits per heavy atom. The molecule has 1 aromatic heterocycles. The van der Waals surface area contributed by atoms with Crippen LogP contribution in [0, 0.1) is 0 Å². The standard InChI is InChI=1S/C13H16N2O3/c1-9(2)17-8-12-14-13(15-18-12)10-6-4-5-7-11(10)16-3/h4-7,9H,8H2,1-3H3. The zero-order chi connectivity index (χ0) is 13.0. The van der Waals surface area contributed by atoms with E-state index in [-0.39, 0.29) is 6.10 Å². The van der Waals surface area contributed by atoms with Crippen LogP contribution in [0.3, 0.4) is 0 Å². The van der Waals surface area contributed by atoms with Crippen LogP contribution in [0.25, 0.3) is 11.4 Å². The van der Waals surface area contributed by atoms with Gasteiger partial charge in [-0.3, -0.25) is 0 Å². The van der Waals surface area contributed by atoms with Crippen molar-refractivity contribution in [2.45, 2.75) is 26.6 Å². The van der Waals surface area contributed by atoms with Crippen LogP contribution in [0.5, 0.6) is 5.75 Å². The van der Waals surface area contributed by atoms with Gasteiger partial charge in [0.15, 0.2) is 0 Å². The summed E-state index contributed by atoms with van der Waals surface area (Å²) in [4.78, 5) is 4.28. The van der Waals surface area contributed by atoms with E-state index in [2.05, 4.69) is 10.1 Å². The van der Waals surface area contributed by atoms with Gasteiger partial charge in [-0.2, -0.15) is 4.98 Å². The van der Waals surface area contributed by atoms with Crippen molar-refractivity contribution >= 4 is 0 Å². The number of ether oxygens (including phenoxy) is 2. The van der Waals surface area contributed by atoms with E-state index in [1.807, 2.05) is 38.1 Å². The van der Waals surface area contributed by atoms with Gasteiger partial charge in [-0.1, -0.05) is 17.3 Å². The second-order valence-electron chi connectivity index (χ2n) is 4.07. The van der Waals surface area contributed by atoms with Gasteiger partial charge < -0.3 is 14.0 Å². The Balaban J connectivity index is 2.18. The van der Waals surface area contributed by atoms with Crippen LogP contribution in [-0.2, 0) is 11.3 Å². The summed E-state index contributed by atoms with van der Waals surface area (Å²) in [5, 5.41) is 3.93. The van der Waals surface area contributed by atoms with Crippen LogP contribution in [0.2, 0.25) is 0 Å². The second kappa shape index (κ2) is 5.64. The Kier molecular flexibility index (Phi) is 3.94. The van der Waals surface area contributed by atoms with Crippen molar-refractivity contribution in [2.24, 2.45) is 0 Å². The first-order valence-electron chi connectivity index (χ1n) is 5.78. The van der Waals surface area contributed by atoms with Crippen LogP contribution >= 0.6 is 0 Å². The normalized spacial score (nSPS) is 10.9. The summed E-state index contributed by atoms with van der Waals surface area (Å²) in [6, 6.07) is 7.54. The van der Waals surface area contributed by atoms with Gasteiger partial charge in [-0.05, 0) is 26.0 Å². The van der Waals surface area contributed by atoms with Crippen LogP contribution in [-0.4, -0.2) is 23.4 Å². The number of nitrogens with zero attached hydrogens (tertiary/aromatic N) is 2. The molecule has 2 rings (SSSR count). The molecule has 0 bridgehead atoms. The van der Waals surface area contributed by atoms with E-state index in [1.165, 1.54) is 0 Å². The SMILES string of the molecule is COc1ccccc1-c1noc(COC(C)C)n1. The third-order valence-corrected chi connectivity index (χ3v) is 2.36. The number of rotatable bonds is 5. The summed E-state index contributed by atoms with van der Waals surface area (Å²) in [7, 11) is 1.61. The number of methoxy groups -OCH3 is 1. The lowest BCUT2D eigenvalue weighted by atomic mass is 10.2. The predicted molar refractivity (Wildman–Crippen MR) is 66.2 cm³/mol. The molecule has 96 valence electrons. The molecule has 2 aromatic rings. The monoisotopic (exact) mass is 248 g/mol. The fourth-order valence-electron chi connectivity index (χ4n) is 1.49. The van der Waals surface area contributed by atoms with Crippen LogP contribution in [0.15, 0.2) is 28.8 Å². The zero-order valence-corrected chi connectivity index (χ0v) is 10.7. The summed E-state index contributed by atoms with van der Waals surface area (Å²) in [5.74, 6) is 1.69. The van der Waals surface area contributed by atoms with Gasteiger partial charge in [-0.15, -0.1) is 0 Å². The Morgan fingerprint density at radius 1 is 1.28 bits per heavy atom. The van der Waals surface area contributed by atoms with Crippen molar-refractivity contribution in [1.82, 2.24) is 10.1 Å². The molecule has 0 amide bonds. The molecule has 0 spiro atoms. The summed E-state index contributed by atoms with van der Waals surface area (Å²) in [6.45, 7) is 4.23. The first-order chi connectivity index (χ1) is 8.70. The maximum Gasteiger partial charge on any atom is 0.252 e. The number of para-hydroxylation sites is 1. The lowest BCUT2D eigenvalue weighted by Gasteiger charge is -2.03. The quantitative estimate of drug-likeness (QED) is 0.814. The average Bonchev–Trinajstić information content (AvgIpc) is 2.85. The van der Waals surface area contributed by atoms with E-state index in [9.17, 15) is 0 Å². The molecule has 0 aliphatic carbocycles. The molecule has 0 N–H and O–H groups in total. The van der Waals surface area contributed by atoms with E-state index in [0.717, 1.165) is 11.3 Å². The Labute approximate surface area is 106 Å². The summed E-state index contributed by atoms with van der Waals surface area (Å²) >= 11 is 0. The van der Waals surface area contributed by atoms with Crippen LogP contribution in [0.4, 0.5) is 0 Å². The largest absolute Gasteiger partial charge is 0.496 e. The Morgan fingerprint density at radius 3 is 2.78 bits per heavy atom. The van der Waals surface area contributed by atoms with Gasteiger partial charge in [0.1, 0.15) is 12.4 Å². The molecule has 0 saturated heterocycles. The molecule has 0 fully saturated rings. The van der Waals surface area contributed by atoms with Crippen molar-refractivity contribution < 1.29 is 14.0 Å². The van der Waals surface area contributed by atoms with Crippen molar-refractivity contribution in [2.75, 3.05) is 7.11 Å². The molecule has 1 heterocycles. The Bertz CT molecular complexity index is 508. The maximum absolute atomic E-state index is 5.41. The number of benzene rings is 1. The van der Waals surface area contributed by atoms with E-state index in [0.29, 0.717) is 18.3 Å². The molecule has 0 aliphatic rings. The topological polar surface area (TPSA) is 57.4 Å².